The summed E-state index contributed by atoms with van der Waals surface area (Å²) in [6.45, 7) is 7.57. The van der Waals surface area contributed by atoms with E-state index in [1.807, 2.05) is 20.8 Å². The fraction of sp³-hybridized carbons (Fsp3) is 0.643. The molecule has 0 unspecified atom stereocenters. The number of carbonyl (C=O) groups is 1. The molecule has 1 aromatic heterocycles. The van der Waals surface area contributed by atoms with Gasteiger partial charge in [0, 0.05) is 19.9 Å². The standard InChI is InChI=1S/C14H24N2O4/c1-14(2,3)20-13(17)12-9-11(15)10-16(12)5-6-19-8-7-18-4/h9-10H,5-8,15H2,1-4H3. The SMILES string of the molecule is COCCOCCn1cc(N)cc1C(=O)OC(C)(C)C. The number of anilines is 1. The van der Waals surface area contributed by atoms with Crippen molar-refractivity contribution < 1.29 is 19.0 Å². The van der Waals surface area contributed by atoms with Crippen LogP contribution in [-0.4, -0.2) is 43.1 Å². The minimum atomic E-state index is -0.532. The van der Waals surface area contributed by atoms with Crippen LogP contribution in [0.5, 0.6) is 0 Å². The highest BCUT2D eigenvalue weighted by atomic mass is 16.6. The van der Waals surface area contributed by atoms with Crippen molar-refractivity contribution in [2.45, 2.75) is 32.9 Å². The first-order chi connectivity index (χ1) is 9.33. The van der Waals surface area contributed by atoms with Gasteiger partial charge in [-0.15, -0.1) is 0 Å². The van der Waals surface area contributed by atoms with Gasteiger partial charge < -0.3 is 24.5 Å². The number of hydrogen-bond acceptors (Lipinski definition) is 5. The van der Waals surface area contributed by atoms with Crippen LogP contribution in [0.25, 0.3) is 0 Å². The van der Waals surface area contributed by atoms with Gasteiger partial charge in [0.05, 0.1) is 25.5 Å². The van der Waals surface area contributed by atoms with Crippen molar-refractivity contribution in [3.8, 4) is 0 Å². The second-order valence-electron chi connectivity index (χ2n) is 5.46. The first-order valence-electron chi connectivity index (χ1n) is 6.59. The molecular formula is C14H24N2O4. The van der Waals surface area contributed by atoms with Gasteiger partial charge in [0.25, 0.3) is 0 Å². The molecule has 0 amide bonds. The smallest absolute Gasteiger partial charge is 0.355 e. The quantitative estimate of drug-likeness (QED) is 0.609. The van der Waals surface area contributed by atoms with E-state index in [0.717, 1.165) is 0 Å². The Morgan fingerprint density at radius 1 is 1.30 bits per heavy atom. The Labute approximate surface area is 119 Å². The Kier molecular flexibility index (Phi) is 6.04. The van der Waals surface area contributed by atoms with Crippen LogP contribution in [0.4, 0.5) is 5.69 Å². The highest BCUT2D eigenvalue weighted by Gasteiger charge is 2.21. The third-order valence-electron chi connectivity index (χ3n) is 2.43. The lowest BCUT2D eigenvalue weighted by Gasteiger charge is -2.20. The summed E-state index contributed by atoms with van der Waals surface area (Å²) in [4.78, 5) is 12.1. The molecule has 0 aliphatic carbocycles. The minimum absolute atomic E-state index is 0.383. The minimum Gasteiger partial charge on any atom is -0.455 e. The first-order valence-corrected chi connectivity index (χ1v) is 6.59. The number of esters is 1. The van der Waals surface area contributed by atoms with Crippen LogP contribution in [0.3, 0.4) is 0 Å². The first kappa shape index (κ1) is 16.5. The molecule has 1 aromatic rings. The van der Waals surface area contributed by atoms with Gasteiger partial charge in [-0.1, -0.05) is 0 Å². The van der Waals surface area contributed by atoms with Crippen molar-refractivity contribution in [3.63, 3.8) is 0 Å². The van der Waals surface area contributed by atoms with E-state index in [1.165, 1.54) is 0 Å². The maximum atomic E-state index is 12.1. The zero-order valence-electron chi connectivity index (χ0n) is 12.6. The zero-order chi connectivity index (χ0) is 15.2. The molecule has 0 saturated carbocycles. The summed E-state index contributed by atoms with van der Waals surface area (Å²) in [6.07, 6.45) is 1.71. The Morgan fingerprint density at radius 2 is 2.00 bits per heavy atom. The summed E-state index contributed by atoms with van der Waals surface area (Å²) in [5.41, 5.74) is 6.18. The van der Waals surface area contributed by atoms with Gasteiger partial charge in [-0.2, -0.15) is 0 Å². The lowest BCUT2D eigenvalue weighted by molar-refractivity contribution is 0.00547. The van der Waals surface area contributed by atoms with Crippen molar-refractivity contribution in [1.82, 2.24) is 4.57 Å². The van der Waals surface area contributed by atoms with Crippen LogP contribution in [0.1, 0.15) is 31.3 Å². The van der Waals surface area contributed by atoms with Crippen LogP contribution >= 0.6 is 0 Å². The van der Waals surface area contributed by atoms with Crippen LogP contribution in [0.15, 0.2) is 12.3 Å². The molecule has 20 heavy (non-hydrogen) atoms. The molecule has 0 spiro atoms. The Morgan fingerprint density at radius 3 is 2.60 bits per heavy atom. The van der Waals surface area contributed by atoms with Crippen LogP contribution in [0.2, 0.25) is 0 Å². The number of nitrogens with zero attached hydrogens (tertiary/aromatic N) is 1. The third kappa shape index (κ3) is 5.63. The Hall–Kier alpha value is -1.53. The molecule has 0 bridgehead atoms. The fourth-order valence-electron chi connectivity index (χ4n) is 1.63. The molecular weight excluding hydrogens is 260 g/mol. The van der Waals surface area contributed by atoms with Crippen molar-refractivity contribution in [2.75, 3.05) is 32.7 Å². The van der Waals surface area contributed by atoms with E-state index in [2.05, 4.69) is 0 Å². The van der Waals surface area contributed by atoms with E-state index < -0.39 is 5.60 Å². The molecule has 1 heterocycles. The maximum Gasteiger partial charge on any atom is 0.355 e. The number of nitrogens with two attached hydrogens (primary N) is 1. The van der Waals surface area contributed by atoms with Crippen molar-refractivity contribution in [3.05, 3.63) is 18.0 Å². The van der Waals surface area contributed by atoms with Gasteiger partial charge in [-0.25, -0.2) is 4.79 Å². The number of ether oxygens (including phenoxy) is 3. The van der Waals surface area contributed by atoms with Gasteiger partial charge in [0.15, 0.2) is 0 Å². The number of rotatable bonds is 7. The van der Waals surface area contributed by atoms with E-state index in [4.69, 9.17) is 19.9 Å². The molecule has 0 radical (unpaired) electrons. The van der Waals surface area contributed by atoms with Gasteiger partial charge in [-0.3, -0.25) is 0 Å². The van der Waals surface area contributed by atoms with Gasteiger partial charge in [0.2, 0.25) is 0 Å². The summed E-state index contributed by atoms with van der Waals surface area (Å²) in [5, 5.41) is 0. The molecule has 0 atom stereocenters. The van der Waals surface area contributed by atoms with Crippen molar-refractivity contribution >= 4 is 11.7 Å². The predicted molar refractivity (Wildman–Crippen MR) is 76.7 cm³/mol. The number of nitrogen functional groups attached to an aromatic ring is 1. The monoisotopic (exact) mass is 284 g/mol. The van der Waals surface area contributed by atoms with Gasteiger partial charge >= 0.3 is 5.97 Å². The van der Waals surface area contributed by atoms with Crippen molar-refractivity contribution in [1.29, 1.82) is 0 Å². The topological polar surface area (TPSA) is 75.7 Å². The number of hydrogen-bond donors (Lipinski definition) is 1. The van der Waals surface area contributed by atoms with Crippen molar-refractivity contribution in [2.24, 2.45) is 0 Å². The molecule has 0 aliphatic rings. The van der Waals surface area contributed by atoms with Crippen LogP contribution < -0.4 is 5.73 Å². The summed E-state index contributed by atoms with van der Waals surface area (Å²) < 4.78 is 17.4. The molecule has 1 rings (SSSR count). The van der Waals surface area contributed by atoms with E-state index in [1.54, 1.807) is 23.9 Å². The second kappa shape index (κ2) is 7.31. The second-order valence-corrected chi connectivity index (χ2v) is 5.46. The third-order valence-corrected chi connectivity index (χ3v) is 2.43. The molecule has 0 saturated heterocycles. The molecule has 0 aromatic carbocycles. The molecule has 6 heteroatoms. The van der Waals surface area contributed by atoms with E-state index in [-0.39, 0.29) is 5.97 Å². The fourth-order valence-corrected chi connectivity index (χ4v) is 1.63. The van der Waals surface area contributed by atoms with E-state index in [0.29, 0.717) is 37.7 Å². The summed E-state index contributed by atoms with van der Waals surface area (Å²) in [5.74, 6) is -0.383. The predicted octanol–water partition coefficient (Wildman–Crippen LogP) is 1.69. The van der Waals surface area contributed by atoms with E-state index >= 15 is 0 Å². The van der Waals surface area contributed by atoms with Gasteiger partial charge in [-0.05, 0) is 26.8 Å². The molecule has 0 fully saturated rings. The average molecular weight is 284 g/mol. The lowest BCUT2D eigenvalue weighted by Crippen LogP contribution is -2.25. The van der Waals surface area contributed by atoms with E-state index in [9.17, 15) is 4.79 Å². The highest BCUT2D eigenvalue weighted by molar-refractivity contribution is 5.89. The number of aromatic nitrogens is 1. The molecule has 6 nitrogen and oxygen atoms in total. The normalized spacial score (nSPS) is 11.6. The Bertz CT molecular complexity index is 435. The average Bonchev–Trinajstić information content (AvgIpc) is 2.68. The Balaban J connectivity index is 2.61. The van der Waals surface area contributed by atoms with Gasteiger partial charge in [0.1, 0.15) is 11.3 Å². The number of carbonyl (C=O) groups excluding carboxylic acids is 1. The molecule has 2 N–H and O–H groups in total. The highest BCUT2D eigenvalue weighted by Crippen LogP contribution is 2.16. The summed E-state index contributed by atoms with van der Waals surface area (Å²) in [6, 6.07) is 1.61. The lowest BCUT2D eigenvalue weighted by atomic mass is 10.2. The summed E-state index contributed by atoms with van der Waals surface area (Å²) >= 11 is 0. The maximum absolute atomic E-state index is 12.1. The summed E-state index contributed by atoms with van der Waals surface area (Å²) in [7, 11) is 1.62. The molecule has 114 valence electrons. The largest absolute Gasteiger partial charge is 0.455 e. The van der Waals surface area contributed by atoms with Crippen LogP contribution in [-0.2, 0) is 20.8 Å². The molecule has 0 aliphatic heterocycles. The van der Waals surface area contributed by atoms with Crippen LogP contribution in [0, 0.1) is 0 Å². The zero-order valence-corrected chi connectivity index (χ0v) is 12.6. The number of methoxy groups -OCH3 is 1.